The lowest BCUT2D eigenvalue weighted by molar-refractivity contribution is -0.148. The quantitative estimate of drug-likeness (QED) is 0.637. The SMILES string of the molecule is O=C(/C=C/c1ccc(Cl)cc1)N[C@@]12CCC(=O)[C@@H]3Oc4cccc5c4[C@@]31CCN(CC1CC1)[C@@H]2C5. The van der Waals surface area contributed by atoms with E-state index >= 15 is 0 Å². The number of nitrogens with zero attached hydrogens (tertiary/aromatic N) is 1. The van der Waals surface area contributed by atoms with E-state index in [0.29, 0.717) is 17.9 Å². The predicted octanol–water partition coefficient (Wildman–Crippen LogP) is 4.31. The van der Waals surface area contributed by atoms with Crippen molar-refractivity contribution in [3.63, 3.8) is 0 Å². The number of likely N-dealkylation sites (tertiary alicyclic amines) is 1. The first-order valence-electron chi connectivity index (χ1n) is 12.8. The molecule has 0 aromatic heterocycles. The van der Waals surface area contributed by atoms with E-state index in [1.807, 2.05) is 42.5 Å². The van der Waals surface area contributed by atoms with Gasteiger partial charge < -0.3 is 10.1 Å². The van der Waals surface area contributed by atoms with E-state index < -0.39 is 17.1 Å². The number of ether oxygens (including phenoxy) is 1. The summed E-state index contributed by atoms with van der Waals surface area (Å²) in [7, 11) is 0. The van der Waals surface area contributed by atoms with E-state index in [0.717, 1.165) is 43.2 Å². The van der Waals surface area contributed by atoms with Gasteiger partial charge in [-0.15, -0.1) is 0 Å². The molecular weight excluding hydrogens is 460 g/mol. The Morgan fingerprint density at radius 2 is 2.00 bits per heavy atom. The molecular formula is C29H29ClN2O3. The van der Waals surface area contributed by atoms with E-state index in [2.05, 4.69) is 16.3 Å². The standard InChI is InChI=1S/C29H29ClN2O3/c30-21-9-6-18(7-10-21)8-11-25(34)31-29-13-12-22(33)27-28(29)14-15-32(17-19-4-5-19)24(29)16-20-2-1-3-23(35-27)26(20)28/h1-3,6-11,19,24,27H,4-5,12-17H2,(H,31,34)/b11-8+/t24-,27+,28+,29-/m1/s1. The van der Waals surface area contributed by atoms with E-state index in [4.69, 9.17) is 16.3 Å². The number of hydrogen-bond donors (Lipinski definition) is 1. The summed E-state index contributed by atoms with van der Waals surface area (Å²) in [5.41, 5.74) is 2.36. The van der Waals surface area contributed by atoms with Crippen LogP contribution in [0.15, 0.2) is 48.5 Å². The molecule has 1 N–H and O–H groups in total. The van der Waals surface area contributed by atoms with Crippen molar-refractivity contribution in [3.8, 4) is 5.75 Å². The van der Waals surface area contributed by atoms with Gasteiger partial charge in [-0.2, -0.15) is 0 Å². The lowest BCUT2D eigenvalue weighted by Crippen LogP contribution is -2.81. The number of piperidine rings is 1. The summed E-state index contributed by atoms with van der Waals surface area (Å²) in [5, 5.41) is 4.20. The van der Waals surface area contributed by atoms with Gasteiger partial charge in [-0.1, -0.05) is 35.9 Å². The van der Waals surface area contributed by atoms with Gasteiger partial charge in [0.25, 0.3) is 0 Å². The van der Waals surface area contributed by atoms with Crippen LogP contribution >= 0.6 is 11.6 Å². The summed E-state index contributed by atoms with van der Waals surface area (Å²) in [6.07, 6.45) is 8.33. The van der Waals surface area contributed by atoms with E-state index in [1.54, 1.807) is 6.08 Å². The van der Waals surface area contributed by atoms with Crippen LogP contribution in [0.5, 0.6) is 5.75 Å². The van der Waals surface area contributed by atoms with Crippen molar-refractivity contribution in [2.45, 2.75) is 61.6 Å². The molecule has 0 radical (unpaired) electrons. The van der Waals surface area contributed by atoms with Gasteiger partial charge in [0.1, 0.15) is 5.75 Å². The highest BCUT2D eigenvalue weighted by molar-refractivity contribution is 6.30. The molecule has 2 aromatic carbocycles. The number of amides is 1. The molecule has 1 saturated heterocycles. The molecule has 2 aliphatic heterocycles. The van der Waals surface area contributed by atoms with Gasteiger partial charge in [0.2, 0.25) is 5.91 Å². The Hall–Kier alpha value is -2.63. The normalized spacial score (nSPS) is 32.9. The van der Waals surface area contributed by atoms with Crippen LogP contribution in [-0.4, -0.2) is 47.4 Å². The van der Waals surface area contributed by atoms with Gasteiger partial charge in [-0.3, -0.25) is 14.5 Å². The summed E-state index contributed by atoms with van der Waals surface area (Å²) in [6, 6.07) is 13.9. The van der Waals surface area contributed by atoms with Crippen LogP contribution in [-0.2, 0) is 21.4 Å². The number of hydrogen-bond acceptors (Lipinski definition) is 4. The largest absolute Gasteiger partial charge is 0.481 e. The highest BCUT2D eigenvalue weighted by Crippen LogP contribution is 2.63. The number of carbonyl (C=O) groups is 2. The van der Waals surface area contributed by atoms with Crippen molar-refractivity contribution >= 4 is 29.4 Å². The Morgan fingerprint density at radius 3 is 2.80 bits per heavy atom. The molecule has 2 heterocycles. The Kier molecular flexibility index (Phi) is 4.75. The monoisotopic (exact) mass is 488 g/mol. The first-order valence-corrected chi connectivity index (χ1v) is 13.2. The van der Waals surface area contributed by atoms with Crippen LogP contribution < -0.4 is 10.1 Å². The Labute approximate surface area is 210 Å². The lowest BCUT2D eigenvalue weighted by atomic mass is 9.47. The second-order valence-electron chi connectivity index (χ2n) is 11.0. The summed E-state index contributed by atoms with van der Waals surface area (Å²) < 4.78 is 6.42. The minimum Gasteiger partial charge on any atom is -0.481 e. The van der Waals surface area contributed by atoms with Crippen LogP contribution in [0, 0.1) is 5.92 Å². The zero-order valence-corrected chi connectivity index (χ0v) is 20.4. The third-order valence-electron chi connectivity index (χ3n) is 9.15. The van der Waals surface area contributed by atoms with Crippen LogP contribution in [0.4, 0.5) is 0 Å². The fourth-order valence-electron chi connectivity index (χ4n) is 7.54. The summed E-state index contributed by atoms with van der Waals surface area (Å²) in [4.78, 5) is 29.4. The van der Waals surface area contributed by atoms with Crippen molar-refractivity contribution in [1.29, 1.82) is 0 Å². The minimum atomic E-state index is -0.528. The van der Waals surface area contributed by atoms with Gasteiger partial charge in [0.15, 0.2) is 11.9 Å². The summed E-state index contributed by atoms with van der Waals surface area (Å²) >= 11 is 6.01. The molecule has 7 rings (SSSR count). The van der Waals surface area contributed by atoms with Crippen molar-refractivity contribution in [3.05, 3.63) is 70.3 Å². The Balaban J connectivity index is 1.31. The third-order valence-corrected chi connectivity index (χ3v) is 9.41. The smallest absolute Gasteiger partial charge is 0.244 e. The second kappa shape index (κ2) is 7.68. The van der Waals surface area contributed by atoms with Crippen LogP contribution in [0.25, 0.3) is 6.08 Å². The first kappa shape index (κ1) is 21.6. The maximum absolute atomic E-state index is 13.5. The number of benzene rings is 2. The number of ketones is 1. The summed E-state index contributed by atoms with van der Waals surface area (Å²) in [6.45, 7) is 2.02. The second-order valence-corrected chi connectivity index (χ2v) is 11.4. The molecule has 0 unspecified atom stereocenters. The molecule has 2 saturated carbocycles. The molecule has 3 fully saturated rings. The molecule has 1 amide bonds. The molecule has 180 valence electrons. The van der Waals surface area contributed by atoms with Gasteiger partial charge in [-0.25, -0.2) is 0 Å². The molecule has 35 heavy (non-hydrogen) atoms. The van der Waals surface area contributed by atoms with Crippen molar-refractivity contribution < 1.29 is 14.3 Å². The van der Waals surface area contributed by atoms with Crippen molar-refractivity contribution in [2.75, 3.05) is 13.1 Å². The van der Waals surface area contributed by atoms with Gasteiger partial charge in [-0.05, 0) is 80.0 Å². The highest BCUT2D eigenvalue weighted by Gasteiger charge is 2.73. The van der Waals surface area contributed by atoms with Crippen molar-refractivity contribution in [2.24, 2.45) is 5.92 Å². The van der Waals surface area contributed by atoms with E-state index in [9.17, 15) is 9.59 Å². The molecule has 4 atom stereocenters. The van der Waals surface area contributed by atoms with Gasteiger partial charge in [0, 0.05) is 35.7 Å². The highest BCUT2D eigenvalue weighted by atomic mass is 35.5. The number of carbonyl (C=O) groups excluding carboxylic acids is 2. The fraction of sp³-hybridized carbons (Fsp3) is 0.448. The average molecular weight is 489 g/mol. The molecule has 1 spiro atoms. The van der Waals surface area contributed by atoms with E-state index in [-0.39, 0.29) is 17.7 Å². The number of rotatable bonds is 5. The molecule has 5 aliphatic rings. The summed E-state index contributed by atoms with van der Waals surface area (Å²) in [5.74, 6) is 1.66. The Bertz CT molecular complexity index is 1250. The topological polar surface area (TPSA) is 58.6 Å². The molecule has 2 aromatic rings. The van der Waals surface area contributed by atoms with Gasteiger partial charge in [0.05, 0.1) is 11.0 Å². The number of Topliss-reactive ketones (excluding diaryl/α,β-unsaturated/α-hetero) is 1. The molecule has 6 heteroatoms. The zero-order valence-electron chi connectivity index (χ0n) is 19.6. The number of halogens is 1. The van der Waals surface area contributed by atoms with Gasteiger partial charge >= 0.3 is 0 Å². The van der Waals surface area contributed by atoms with Crippen molar-refractivity contribution in [1.82, 2.24) is 10.2 Å². The van der Waals surface area contributed by atoms with Crippen LogP contribution in [0.3, 0.4) is 0 Å². The molecule has 3 aliphatic carbocycles. The Morgan fingerprint density at radius 1 is 1.17 bits per heavy atom. The average Bonchev–Trinajstić information content (AvgIpc) is 3.60. The maximum atomic E-state index is 13.5. The fourth-order valence-corrected chi connectivity index (χ4v) is 7.67. The third kappa shape index (κ3) is 3.10. The molecule has 2 bridgehead atoms. The van der Waals surface area contributed by atoms with E-state index in [1.165, 1.54) is 24.0 Å². The minimum absolute atomic E-state index is 0.112. The molecule has 5 nitrogen and oxygen atoms in total. The lowest BCUT2D eigenvalue weighted by Gasteiger charge is -2.65. The maximum Gasteiger partial charge on any atom is 0.244 e. The number of nitrogens with one attached hydrogen (secondary N) is 1. The zero-order chi connectivity index (χ0) is 23.8. The predicted molar refractivity (Wildman–Crippen MR) is 135 cm³/mol. The first-order chi connectivity index (χ1) is 17.0. The van der Waals surface area contributed by atoms with Crippen LogP contribution in [0.1, 0.15) is 48.8 Å². The van der Waals surface area contributed by atoms with Crippen LogP contribution in [0.2, 0.25) is 5.02 Å².